The second-order valence-electron chi connectivity index (χ2n) is 8.15. The van der Waals surface area contributed by atoms with Crippen LogP contribution in [0.3, 0.4) is 0 Å². The Balaban J connectivity index is 1.48. The fourth-order valence-electron chi connectivity index (χ4n) is 3.49. The number of hydrogen-bond donors (Lipinski definition) is 3. The van der Waals surface area contributed by atoms with Crippen LogP contribution in [0.15, 0.2) is 54.9 Å². The third-order valence-electron chi connectivity index (χ3n) is 5.28. The summed E-state index contributed by atoms with van der Waals surface area (Å²) in [6, 6.07) is 9.08. The van der Waals surface area contributed by atoms with Gasteiger partial charge in [0.1, 0.15) is 17.8 Å². The number of nitrogens with one attached hydrogen (secondary N) is 2. The molecule has 0 fully saturated rings. The molecule has 2 aromatic carbocycles. The van der Waals surface area contributed by atoms with Gasteiger partial charge in [-0.15, -0.1) is 0 Å². The molecule has 4 rings (SSSR count). The third-order valence-corrected chi connectivity index (χ3v) is 5.28. The molecule has 0 bridgehead atoms. The number of anilines is 3. The molecule has 0 saturated heterocycles. The van der Waals surface area contributed by atoms with Crippen LogP contribution in [0, 0.1) is 0 Å². The summed E-state index contributed by atoms with van der Waals surface area (Å²) < 4.78 is 66.0. The first kappa shape index (κ1) is 24.8. The molecular weight excluding hydrogens is 485 g/mol. The number of nitrogen functional groups attached to an aromatic ring is 1. The van der Waals surface area contributed by atoms with Crippen molar-refractivity contribution in [1.82, 2.24) is 19.7 Å². The number of benzene rings is 2. The van der Waals surface area contributed by atoms with E-state index in [9.17, 15) is 26.7 Å². The summed E-state index contributed by atoms with van der Waals surface area (Å²) in [6.45, 7) is 3.91. The molecule has 0 aliphatic rings. The maximum absolute atomic E-state index is 13.4. The monoisotopic (exact) mass is 505 g/mol. The summed E-state index contributed by atoms with van der Waals surface area (Å²) >= 11 is 0. The van der Waals surface area contributed by atoms with Crippen molar-refractivity contribution >= 4 is 34.3 Å². The summed E-state index contributed by atoms with van der Waals surface area (Å²) in [6.07, 6.45) is -4.35. The second kappa shape index (κ2) is 9.06. The number of amides is 2. The molecule has 0 spiro atoms. The number of carbonyl (C=O) groups excluding carboxylic acids is 1. The predicted octanol–water partition coefficient (Wildman–Crippen LogP) is 5.95. The van der Waals surface area contributed by atoms with Crippen LogP contribution < -0.4 is 16.4 Å². The van der Waals surface area contributed by atoms with Gasteiger partial charge in [0.05, 0.1) is 5.39 Å². The zero-order valence-electron chi connectivity index (χ0n) is 18.9. The number of nitrogens with two attached hydrogens (primary N) is 1. The average Bonchev–Trinajstić information content (AvgIpc) is 3.20. The second-order valence-corrected chi connectivity index (χ2v) is 8.15. The van der Waals surface area contributed by atoms with E-state index in [1.165, 1.54) is 6.33 Å². The fraction of sp³-hybridized carbons (Fsp3) is 0.217. The van der Waals surface area contributed by atoms with Crippen molar-refractivity contribution in [1.29, 1.82) is 0 Å². The highest BCUT2D eigenvalue weighted by Crippen LogP contribution is 2.44. The minimum Gasteiger partial charge on any atom is -0.383 e. The molecular formula is C23H20F5N7O. The minimum atomic E-state index is -5.72. The molecule has 2 aromatic heterocycles. The van der Waals surface area contributed by atoms with E-state index >= 15 is 0 Å². The lowest BCUT2D eigenvalue weighted by atomic mass is 10.1. The first-order valence-electron chi connectivity index (χ1n) is 10.6. The number of aromatic nitrogens is 4. The average molecular weight is 505 g/mol. The maximum atomic E-state index is 13.4. The van der Waals surface area contributed by atoms with Crippen LogP contribution in [0.5, 0.6) is 0 Å². The van der Waals surface area contributed by atoms with Gasteiger partial charge >= 0.3 is 18.1 Å². The molecule has 4 aromatic rings. The first-order valence-corrected chi connectivity index (χ1v) is 10.6. The molecule has 0 aliphatic carbocycles. The molecule has 2 amide bonds. The van der Waals surface area contributed by atoms with Gasteiger partial charge in [0.15, 0.2) is 5.65 Å². The van der Waals surface area contributed by atoms with Crippen molar-refractivity contribution < 1.29 is 26.7 Å². The molecule has 0 atom stereocenters. The summed E-state index contributed by atoms with van der Waals surface area (Å²) in [5.41, 5.74) is 7.13. The minimum absolute atomic E-state index is 0.0222. The highest BCUT2D eigenvalue weighted by Gasteiger charge is 2.58. The van der Waals surface area contributed by atoms with Crippen LogP contribution in [-0.2, 0) is 5.92 Å². The Morgan fingerprint density at radius 1 is 0.917 bits per heavy atom. The van der Waals surface area contributed by atoms with Gasteiger partial charge in [-0.25, -0.2) is 19.4 Å². The molecule has 188 valence electrons. The maximum Gasteiger partial charge on any atom is 0.458 e. The van der Waals surface area contributed by atoms with E-state index in [0.717, 1.165) is 12.1 Å². The lowest BCUT2D eigenvalue weighted by molar-refractivity contribution is -0.289. The molecule has 13 heteroatoms. The van der Waals surface area contributed by atoms with Crippen LogP contribution in [0.4, 0.5) is 43.9 Å². The largest absolute Gasteiger partial charge is 0.458 e. The summed E-state index contributed by atoms with van der Waals surface area (Å²) in [5.74, 6) is -4.72. The van der Waals surface area contributed by atoms with E-state index in [1.807, 2.05) is 13.8 Å². The molecule has 0 saturated carbocycles. The lowest BCUT2D eigenvalue weighted by Gasteiger charge is -2.20. The van der Waals surface area contributed by atoms with Crippen molar-refractivity contribution in [3.05, 3.63) is 60.4 Å². The molecule has 36 heavy (non-hydrogen) atoms. The lowest BCUT2D eigenvalue weighted by Crippen LogP contribution is -2.33. The van der Waals surface area contributed by atoms with Crippen LogP contribution in [0.25, 0.3) is 22.3 Å². The van der Waals surface area contributed by atoms with Crippen LogP contribution >= 0.6 is 0 Å². The fourth-order valence-corrected chi connectivity index (χ4v) is 3.49. The van der Waals surface area contributed by atoms with Gasteiger partial charge < -0.3 is 16.4 Å². The Hall–Kier alpha value is -4.29. The van der Waals surface area contributed by atoms with E-state index in [1.54, 1.807) is 28.9 Å². The van der Waals surface area contributed by atoms with Crippen molar-refractivity contribution in [2.24, 2.45) is 0 Å². The molecule has 0 radical (unpaired) electrons. The standard InChI is InChI=1S/C23H20F5N7O/c1-12(2)35-20-17(19(29)30-11-31-20)18(34-35)13-3-7-15(8-4-13)32-21(36)33-16-9-5-14(6-10-16)22(24,25)23(26,27)28/h3-12H,1-2H3,(H2,29,30,31)(H2,32,33,36). The van der Waals surface area contributed by atoms with Crippen molar-refractivity contribution in [3.63, 3.8) is 0 Å². The predicted molar refractivity (Wildman–Crippen MR) is 125 cm³/mol. The van der Waals surface area contributed by atoms with Gasteiger partial charge in [0.2, 0.25) is 0 Å². The summed E-state index contributed by atoms with van der Waals surface area (Å²) in [5, 5.41) is 10.2. The van der Waals surface area contributed by atoms with Gasteiger partial charge in [0.25, 0.3) is 0 Å². The first-order chi connectivity index (χ1) is 16.9. The van der Waals surface area contributed by atoms with Gasteiger partial charge in [-0.1, -0.05) is 24.3 Å². The number of carbonyl (C=O) groups is 1. The number of urea groups is 1. The van der Waals surface area contributed by atoms with Crippen LogP contribution in [0.1, 0.15) is 25.5 Å². The number of nitrogens with zero attached hydrogens (tertiary/aromatic N) is 4. The molecule has 0 aliphatic heterocycles. The zero-order chi connectivity index (χ0) is 26.3. The van der Waals surface area contributed by atoms with E-state index in [0.29, 0.717) is 40.1 Å². The Morgan fingerprint density at radius 3 is 2.00 bits per heavy atom. The molecule has 4 N–H and O–H groups in total. The summed E-state index contributed by atoms with van der Waals surface area (Å²) in [4.78, 5) is 20.6. The quantitative estimate of drug-likeness (QED) is 0.290. The van der Waals surface area contributed by atoms with Crippen molar-refractivity contribution in [3.8, 4) is 11.3 Å². The van der Waals surface area contributed by atoms with Gasteiger partial charge in [-0.05, 0) is 38.1 Å². The Morgan fingerprint density at radius 2 is 1.47 bits per heavy atom. The normalized spacial score (nSPS) is 12.2. The van der Waals surface area contributed by atoms with Crippen molar-refractivity contribution in [2.45, 2.75) is 32.0 Å². The zero-order valence-corrected chi connectivity index (χ0v) is 18.9. The Kier molecular flexibility index (Phi) is 6.24. The summed E-state index contributed by atoms with van der Waals surface area (Å²) in [7, 11) is 0. The number of hydrogen-bond acceptors (Lipinski definition) is 5. The van der Waals surface area contributed by atoms with Gasteiger partial charge in [0, 0.05) is 28.5 Å². The van der Waals surface area contributed by atoms with Crippen LogP contribution in [-0.4, -0.2) is 32.0 Å². The molecule has 8 nitrogen and oxygen atoms in total. The Bertz CT molecular complexity index is 1400. The van der Waals surface area contributed by atoms with Gasteiger partial charge in [-0.2, -0.15) is 27.1 Å². The number of halogens is 5. The van der Waals surface area contributed by atoms with E-state index in [4.69, 9.17) is 5.73 Å². The number of alkyl halides is 5. The molecule has 0 unspecified atom stereocenters. The third kappa shape index (κ3) is 4.63. The van der Waals surface area contributed by atoms with Crippen LogP contribution in [0.2, 0.25) is 0 Å². The Labute approximate surface area is 201 Å². The van der Waals surface area contributed by atoms with E-state index in [-0.39, 0.29) is 17.5 Å². The van der Waals surface area contributed by atoms with Gasteiger partial charge in [-0.3, -0.25) is 0 Å². The smallest absolute Gasteiger partial charge is 0.383 e. The SMILES string of the molecule is CC(C)n1nc(-c2ccc(NC(=O)Nc3ccc(C(F)(F)C(F)(F)F)cc3)cc2)c2c(N)ncnc21. The highest BCUT2D eigenvalue weighted by atomic mass is 19.4. The van der Waals surface area contributed by atoms with Crippen molar-refractivity contribution in [2.75, 3.05) is 16.4 Å². The highest BCUT2D eigenvalue weighted by molar-refractivity contribution is 6.01. The van der Waals surface area contributed by atoms with E-state index in [2.05, 4.69) is 25.7 Å². The topological polar surface area (TPSA) is 111 Å². The molecule has 2 heterocycles. The number of fused-ring (bicyclic) bond motifs is 1. The number of rotatable bonds is 5. The van der Waals surface area contributed by atoms with E-state index < -0.39 is 23.7 Å².